The van der Waals surface area contributed by atoms with E-state index in [2.05, 4.69) is 336 Å². The molecule has 0 bridgehead atoms. The van der Waals surface area contributed by atoms with Crippen molar-refractivity contribution in [3.63, 3.8) is 0 Å². The van der Waals surface area contributed by atoms with Gasteiger partial charge in [0.25, 0.3) is 0 Å². The molecule has 2 aromatic heterocycles. The fraction of sp³-hybridized carbons (Fsp3) is 0.490. The zero-order valence-electron chi connectivity index (χ0n) is 70.6. The molecule has 1 unspecified atom stereocenters. The van der Waals surface area contributed by atoms with Gasteiger partial charge < -0.3 is 43.7 Å². The van der Waals surface area contributed by atoms with Gasteiger partial charge in [-0.25, -0.2) is 0 Å². The van der Waals surface area contributed by atoms with Crippen LogP contribution in [-0.4, -0.2) is 32.6 Å². The molecule has 1 aliphatic rings. The van der Waals surface area contributed by atoms with Crippen LogP contribution in [0.4, 0.5) is 0 Å². The fourth-order valence-electron chi connectivity index (χ4n) is 16.8. The maximum Gasteiger partial charge on any atom is 0.147 e. The molecular formula is C98H132HfN2O4-2. The number of phenols is 2. The number of aromatic nitrogens is 2. The van der Waals surface area contributed by atoms with Gasteiger partial charge in [-0.05, 0) is 233 Å². The van der Waals surface area contributed by atoms with Crippen LogP contribution in [0.1, 0.15) is 277 Å². The van der Waals surface area contributed by atoms with Gasteiger partial charge in [0.15, 0.2) is 0 Å². The number of rotatable bonds is 14. The van der Waals surface area contributed by atoms with Gasteiger partial charge in [0, 0.05) is 69.6 Å². The van der Waals surface area contributed by atoms with Gasteiger partial charge in [0.2, 0.25) is 0 Å². The van der Waals surface area contributed by atoms with E-state index in [1.165, 1.54) is 66.1 Å². The number of hydrogen-bond acceptors (Lipinski definition) is 4. The third-order valence-electron chi connectivity index (χ3n) is 22.4. The number of aromatic hydroxyl groups is 2. The third kappa shape index (κ3) is 17.6. The van der Waals surface area contributed by atoms with Crippen LogP contribution in [-0.2, 0) is 69.2 Å². The van der Waals surface area contributed by atoms with Crippen molar-refractivity contribution >= 4 is 43.6 Å². The molecule has 7 heteroatoms. The van der Waals surface area contributed by atoms with Crippen molar-refractivity contribution in [3.8, 4) is 56.6 Å². The zero-order valence-corrected chi connectivity index (χ0v) is 74.2. The minimum Gasteiger partial charge on any atom is -0.505 e. The second kappa shape index (κ2) is 29.4. The Labute approximate surface area is 654 Å². The summed E-state index contributed by atoms with van der Waals surface area (Å²) in [5.74, 6) is 2.38. The molecule has 564 valence electrons. The smallest absolute Gasteiger partial charge is 0.147 e. The second-order valence-electron chi connectivity index (χ2n) is 41.0. The summed E-state index contributed by atoms with van der Waals surface area (Å²) >= 11 is 0. The van der Waals surface area contributed by atoms with Gasteiger partial charge >= 0.3 is 0 Å². The third-order valence-corrected chi connectivity index (χ3v) is 22.4. The van der Waals surface area contributed by atoms with Crippen LogP contribution < -0.4 is 9.47 Å². The molecule has 11 rings (SSSR count). The van der Waals surface area contributed by atoms with E-state index in [0.717, 1.165) is 106 Å². The van der Waals surface area contributed by atoms with Gasteiger partial charge in [0.05, 0.1) is 46.7 Å². The largest absolute Gasteiger partial charge is 0.505 e. The molecule has 1 saturated carbocycles. The molecule has 8 aromatic carbocycles. The Bertz CT molecular complexity index is 4360. The molecule has 0 saturated heterocycles. The van der Waals surface area contributed by atoms with E-state index in [9.17, 15) is 10.2 Å². The first-order valence-corrected chi connectivity index (χ1v) is 38.4. The maximum atomic E-state index is 13.6. The van der Waals surface area contributed by atoms with Crippen molar-refractivity contribution in [2.24, 2.45) is 22.7 Å². The van der Waals surface area contributed by atoms with Crippen molar-refractivity contribution in [3.05, 3.63) is 193 Å². The SMILES string of the molecule is CC(C)(C)CC(C)(C)c1cc(-c2cc(C(C)(C)C)ccc2OCC2CCCC[C@@H]2COc2ccc(C(C)(C)C)cc2-c2cc(C(C)(C)CC(C)(C)C)cc(-n3c4ccc(C(C)(C)C)cc4c4cc(C(C)(C)C)ccc43)c2O)c(O)c(-n2c3ccc(C(C)(C)C)cc3c3cc(C(C)(C)C)ccc32)c1.[CH3-].[CH3-].[Hf]. The summed E-state index contributed by atoms with van der Waals surface area (Å²) in [4.78, 5) is 0. The van der Waals surface area contributed by atoms with Crippen LogP contribution >= 0.6 is 0 Å². The average Bonchev–Trinajstić information content (AvgIpc) is 1.61. The Morgan fingerprint density at radius 3 is 0.800 bits per heavy atom. The summed E-state index contributed by atoms with van der Waals surface area (Å²) < 4.78 is 19.5. The predicted molar refractivity (Wildman–Crippen MR) is 451 cm³/mol. The molecule has 0 spiro atoms. The molecule has 1 aliphatic carbocycles. The van der Waals surface area contributed by atoms with Gasteiger partial charge in [-0.15, -0.1) is 0 Å². The summed E-state index contributed by atoms with van der Waals surface area (Å²) in [5.41, 5.74) is 17.8. The zero-order chi connectivity index (χ0) is 74.9. The second-order valence-corrected chi connectivity index (χ2v) is 41.0. The molecule has 1 fully saturated rings. The number of fused-ring (bicyclic) bond motifs is 6. The van der Waals surface area contributed by atoms with Crippen LogP contribution in [0, 0.1) is 37.5 Å². The van der Waals surface area contributed by atoms with Gasteiger partial charge in [-0.3, -0.25) is 0 Å². The van der Waals surface area contributed by atoms with Crippen molar-refractivity contribution in [2.45, 2.75) is 276 Å². The summed E-state index contributed by atoms with van der Waals surface area (Å²) in [6, 6.07) is 50.3. The predicted octanol–water partition coefficient (Wildman–Crippen LogP) is 28.0. The summed E-state index contributed by atoms with van der Waals surface area (Å²) in [7, 11) is 0. The Morgan fingerprint density at radius 2 is 0.552 bits per heavy atom. The van der Waals surface area contributed by atoms with Crippen LogP contribution in [0.15, 0.2) is 133 Å². The van der Waals surface area contributed by atoms with Crippen LogP contribution in [0.2, 0.25) is 0 Å². The molecule has 0 amide bonds. The minimum absolute atomic E-state index is 0. The average molecular weight is 1580 g/mol. The number of hydrogen-bond donors (Lipinski definition) is 2. The Kier molecular flexibility index (Phi) is 23.6. The normalized spacial score (nSPS) is 15.5. The van der Waals surface area contributed by atoms with Gasteiger partial charge in [-0.1, -0.05) is 243 Å². The van der Waals surface area contributed by atoms with E-state index in [0.29, 0.717) is 13.2 Å². The van der Waals surface area contributed by atoms with Gasteiger partial charge in [-0.2, -0.15) is 0 Å². The summed E-state index contributed by atoms with van der Waals surface area (Å²) in [6.45, 7) is 65.6. The first-order chi connectivity index (χ1) is 46.9. The van der Waals surface area contributed by atoms with Crippen molar-refractivity contribution in [1.82, 2.24) is 9.13 Å². The fourth-order valence-corrected chi connectivity index (χ4v) is 16.8. The van der Waals surface area contributed by atoms with Crippen molar-refractivity contribution in [2.75, 3.05) is 13.2 Å². The first kappa shape index (κ1) is 84.1. The van der Waals surface area contributed by atoms with E-state index >= 15 is 0 Å². The molecule has 2 heterocycles. The van der Waals surface area contributed by atoms with Crippen LogP contribution in [0.5, 0.6) is 23.0 Å². The Morgan fingerprint density at radius 1 is 0.314 bits per heavy atom. The van der Waals surface area contributed by atoms with E-state index in [4.69, 9.17) is 9.47 Å². The number of phenolic OH excluding ortho intramolecular Hbond substituents is 2. The van der Waals surface area contributed by atoms with Crippen LogP contribution in [0.25, 0.3) is 77.2 Å². The molecule has 10 aromatic rings. The van der Waals surface area contributed by atoms with E-state index in [-0.39, 0.29) is 118 Å². The maximum absolute atomic E-state index is 13.6. The van der Waals surface area contributed by atoms with E-state index < -0.39 is 0 Å². The molecule has 105 heavy (non-hydrogen) atoms. The van der Waals surface area contributed by atoms with E-state index in [1.54, 1.807) is 0 Å². The van der Waals surface area contributed by atoms with Crippen LogP contribution in [0.3, 0.4) is 0 Å². The monoisotopic (exact) mass is 1580 g/mol. The molecular weight excluding hydrogens is 1450 g/mol. The van der Waals surface area contributed by atoms with Crippen molar-refractivity contribution < 1.29 is 45.5 Å². The van der Waals surface area contributed by atoms with Crippen molar-refractivity contribution in [1.29, 1.82) is 0 Å². The quantitative estimate of drug-likeness (QED) is 0.0841. The van der Waals surface area contributed by atoms with Gasteiger partial charge in [0.1, 0.15) is 23.0 Å². The molecule has 6 nitrogen and oxygen atoms in total. The molecule has 2 N–H and O–H groups in total. The molecule has 2 atom stereocenters. The number of benzene rings is 8. The number of nitrogens with zero attached hydrogens (tertiary/aromatic N) is 2. The Hall–Kier alpha value is -6.57. The molecule has 0 aliphatic heterocycles. The summed E-state index contributed by atoms with van der Waals surface area (Å²) in [5, 5.41) is 31.9. The number of ether oxygens (including phenoxy) is 2. The summed E-state index contributed by atoms with van der Waals surface area (Å²) in [6.07, 6.45) is 6.11. The molecule has 0 radical (unpaired) electrons. The van der Waals surface area contributed by atoms with E-state index in [1.807, 2.05) is 0 Å². The minimum atomic E-state index is -0.273. The first-order valence-electron chi connectivity index (χ1n) is 38.4. The standard InChI is InChI=1S/C96H126N2O4.2CH3.Hf/c1-87(2,3)57-95(25,26)67-51-75(85(99)81(53-67)97-77-39-33-61(89(7,8)9)45-69(77)70-46-62(90(10,11)12)34-40-78(70)97)73-49-65(93(19,20)21)37-43-83(73)101-55-59-31-29-30-32-60(59)56-102-84-44-38-66(94(22,23)24)50-74(84)76-52-68(96(27,28)58-88(4,5)6)54-82(86(76)100)98-79-41-35-63(91(13,14)15)47-71(79)72-48-64(92(16,17)18)36-42-80(72)98;;;/h33-54,59-60,99-100H,29-32,55-58H2,1-28H3;2*1H3;/q;2*-1;/t59-,60?;;;/m1.../s1. The topological polar surface area (TPSA) is 68.8 Å². The Balaban J connectivity index is 0.00000465.